The van der Waals surface area contributed by atoms with Crippen LogP contribution in [0.4, 0.5) is 0 Å². The molecule has 0 aliphatic carbocycles. The quantitative estimate of drug-likeness (QED) is 0.0280. The highest BCUT2D eigenvalue weighted by Gasteiger charge is 2.40. The Labute approximate surface area is 611 Å². The van der Waals surface area contributed by atoms with Crippen molar-refractivity contribution < 1.29 is 81.8 Å². The molecular weight excluding hydrogens is 1370 g/mol. The van der Waals surface area contributed by atoms with Crippen LogP contribution in [0, 0.1) is 23.7 Å². The van der Waals surface area contributed by atoms with E-state index in [1.54, 1.807) is 67.7 Å². The molecule has 1 aromatic heterocycles. The topological polar surface area (TPSA) is 573 Å². The Morgan fingerprint density at radius 3 is 1.57 bits per heavy atom. The molecule has 0 radical (unpaired) electrons. The fourth-order valence-electron chi connectivity index (χ4n) is 11.3. The Balaban J connectivity index is 1.55. The zero-order valence-electron chi connectivity index (χ0n) is 62.1. The normalized spacial score (nSPS) is 15.9. The van der Waals surface area contributed by atoms with E-state index in [2.05, 4.69) is 74.1 Å². The van der Waals surface area contributed by atoms with Crippen LogP contribution in [0.2, 0.25) is 0 Å². The number of amides is 15. The van der Waals surface area contributed by atoms with Gasteiger partial charge in [0.1, 0.15) is 66.5 Å². The number of unbranched alkanes of at least 4 members (excludes halogenated alkanes) is 2. The van der Waals surface area contributed by atoms with Crippen molar-refractivity contribution in [1.82, 2.24) is 79.0 Å². The number of primary amides is 1. The van der Waals surface area contributed by atoms with Crippen LogP contribution < -0.4 is 92.1 Å². The molecule has 0 saturated carbocycles. The second-order valence-corrected chi connectivity index (χ2v) is 27.9. The van der Waals surface area contributed by atoms with Gasteiger partial charge in [-0.3, -0.25) is 71.9 Å². The smallest absolute Gasteiger partial charge is 0.326 e. The summed E-state index contributed by atoms with van der Waals surface area (Å²) in [6, 6.07) is -7.27. The molecule has 1 fully saturated rings. The molecule has 12 atom stereocenters. The molecule has 586 valence electrons. The van der Waals surface area contributed by atoms with Gasteiger partial charge in [0.25, 0.3) is 0 Å². The first-order chi connectivity index (χ1) is 49.4. The van der Waals surface area contributed by atoms with Gasteiger partial charge >= 0.3 is 5.97 Å². The number of aliphatic carboxylic acids is 1. The van der Waals surface area contributed by atoms with Crippen LogP contribution in [-0.4, -0.2) is 221 Å². The lowest BCUT2D eigenvalue weighted by molar-refractivity contribution is -0.143. The van der Waals surface area contributed by atoms with Crippen molar-refractivity contribution >= 4 is 105 Å². The number of nitrogens with one attached hydrogen (secondary N) is 14. The zero-order chi connectivity index (χ0) is 78.9. The van der Waals surface area contributed by atoms with E-state index in [1.807, 2.05) is 18.2 Å². The second-order valence-electron chi connectivity index (χ2n) is 27.9. The van der Waals surface area contributed by atoms with Crippen LogP contribution >= 0.6 is 0 Å². The maximum atomic E-state index is 14.3. The van der Waals surface area contributed by atoms with Crippen LogP contribution in [0.25, 0.3) is 10.9 Å². The van der Waals surface area contributed by atoms with Crippen LogP contribution in [0.5, 0.6) is 0 Å². The van der Waals surface area contributed by atoms with E-state index in [-0.39, 0.29) is 64.0 Å². The van der Waals surface area contributed by atoms with Crippen molar-refractivity contribution in [2.45, 2.75) is 226 Å². The summed E-state index contributed by atoms with van der Waals surface area (Å²) in [7, 11) is 0. The van der Waals surface area contributed by atoms with E-state index in [9.17, 15) is 81.8 Å². The van der Waals surface area contributed by atoms with Gasteiger partial charge in [0.15, 0.2) is 0 Å². The number of nitrogens with two attached hydrogens (primary N) is 4. The van der Waals surface area contributed by atoms with Crippen molar-refractivity contribution in [1.29, 1.82) is 0 Å². The van der Waals surface area contributed by atoms with Crippen molar-refractivity contribution in [3.05, 3.63) is 36.0 Å². The van der Waals surface area contributed by atoms with E-state index in [0.717, 1.165) is 10.9 Å². The number of aromatic nitrogens is 1. The third-order valence-corrected chi connectivity index (χ3v) is 17.4. The highest BCUT2D eigenvalue weighted by atomic mass is 16.4. The Morgan fingerprint density at radius 1 is 0.505 bits per heavy atom. The molecule has 36 heteroatoms. The molecule has 1 aromatic carbocycles. The molecule has 36 nitrogen and oxygen atoms in total. The third kappa shape index (κ3) is 30.4. The van der Waals surface area contributed by atoms with Gasteiger partial charge in [-0.15, -0.1) is 0 Å². The second kappa shape index (κ2) is 44.7. The molecule has 0 bridgehead atoms. The van der Waals surface area contributed by atoms with Gasteiger partial charge in [-0.05, 0) is 133 Å². The third-order valence-electron chi connectivity index (χ3n) is 17.4. The van der Waals surface area contributed by atoms with E-state index < -0.39 is 204 Å². The number of fused-ring (bicyclic) bond motifs is 1. The molecule has 2 heterocycles. The van der Waals surface area contributed by atoms with Gasteiger partial charge in [-0.2, -0.15) is 0 Å². The molecule has 0 unspecified atom stereocenters. The zero-order valence-corrected chi connectivity index (χ0v) is 62.1. The summed E-state index contributed by atoms with van der Waals surface area (Å²) in [6.07, 6.45) is 4.06. The largest absolute Gasteiger partial charge is 0.480 e. The van der Waals surface area contributed by atoms with Crippen molar-refractivity contribution in [3.63, 3.8) is 0 Å². The standard InChI is InChI=1S/C69H113N19O17/c1-35(2)29-48(83-59(94)40(10)78-54(92)34-76-58(93)39(9)80-66(101)56(37(5)6)87-67(102)57(38(7)8)85-60(95)44(72)24-25-51(73)89)63(98)86-55(36(3)4)65(100)77-32-52(90)75-33-53(91)79-41(11)68(103)88-28-18-23-50(88)64(99)81-46(21-14-16-26-70)61(96)84-49(30-42-31-74-45-20-13-12-19-43(42)45)62(97)82-47(69(104)105)22-15-17-27-71/h12-13,19-20,31,35-41,44,46-50,55-57,74H,14-18,21-30,32-34,70-72H2,1-11H3,(H2,73,89)(H,75,90)(H,76,93)(H,77,100)(H,78,92)(H,79,91)(H,80,101)(H,81,99)(H,82,97)(H,83,94)(H,84,96)(H,85,95)(H,86,98)(H,87,102)(H,104,105)/t39-,40-,41-,44-,46-,47-,48-,49-,50-,55-,56-,57-/m0/s1. The van der Waals surface area contributed by atoms with Crippen LogP contribution in [0.15, 0.2) is 30.5 Å². The van der Waals surface area contributed by atoms with Gasteiger partial charge in [0.05, 0.1) is 25.7 Å². The van der Waals surface area contributed by atoms with Crippen molar-refractivity contribution in [3.8, 4) is 0 Å². The first-order valence-corrected chi connectivity index (χ1v) is 35.8. The van der Waals surface area contributed by atoms with Gasteiger partial charge in [0, 0.05) is 36.5 Å². The number of carboxylic acids is 1. The Kier molecular flexibility index (Phi) is 38.1. The first kappa shape index (κ1) is 89.4. The maximum Gasteiger partial charge on any atom is 0.326 e. The number of carboxylic acid groups (broad SMARTS) is 1. The Hall–Kier alpha value is -9.84. The number of hydrogen-bond donors (Lipinski definition) is 19. The van der Waals surface area contributed by atoms with Crippen LogP contribution in [0.1, 0.15) is 152 Å². The lowest BCUT2D eigenvalue weighted by Crippen LogP contribution is -2.60. The van der Waals surface area contributed by atoms with Gasteiger partial charge in [-0.1, -0.05) is 73.6 Å². The number of rotatable bonds is 46. The Morgan fingerprint density at radius 2 is 0.990 bits per heavy atom. The molecule has 15 amide bonds. The molecule has 23 N–H and O–H groups in total. The van der Waals surface area contributed by atoms with Crippen LogP contribution in [-0.2, 0) is 83.1 Å². The fraction of sp³-hybridized carbons (Fsp3) is 0.652. The SMILES string of the molecule is CC(C)C[C@H](NC(=O)[C@H](C)NC(=O)CNC(=O)[C@H](C)NC(=O)[C@@H](NC(=O)[C@@H](NC(=O)[C@@H](N)CCC(N)=O)C(C)C)C(C)C)C(=O)N[C@H](C(=O)NCC(=O)NCC(=O)N[C@@H](C)C(=O)N1CCC[C@H]1C(=O)N[C@@H](CCCCN)C(=O)N[C@@H](Cc1c[nH]c2ccccc12)C(=O)N[C@@H](CCCCN)C(=O)O)C(C)C. The predicted octanol–water partition coefficient (Wildman–Crippen LogP) is -4.09. The monoisotopic (exact) mass is 1480 g/mol. The van der Waals surface area contributed by atoms with E-state index in [4.69, 9.17) is 22.9 Å². The summed E-state index contributed by atoms with van der Waals surface area (Å²) in [5, 5.41) is 43.7. The first-order valence-electron chi connectivity index (χ1n) is 35.8. The average Bonchev–Trinajstić information content (AvgIpc) is 1.71. The van der Waals surface area contributed by atoms with Gasteiger partial charge in [0.2, 0.25) is 88.6 Å². The number of H-pyrrole nitrogens is 1. The lowest BCUT2D eigenvalue weighted by atomic mass is 9.99. The molecule has 1 aliphatic heterocycles. The number of nitrogens with zero attached hydrogens (tertiary/aromatic N) is 1. The minimum atomic E-state index is -1.30. The minimum Gasteiger partial charge on any atom is -0.480 e. The maximum absolute atomic E-state index is 14.3. The molecule has 1 aliphatic rings. The number of carbonyl (C=O) groups excluding carboxylic acids is 15. The van der Waals surface area contributed by atoms with Crippen molar-refractivity contribution in [2.75, 3.05) is 39.3 Å². The molecule has 3 rings (SSSR count). The summed E-state index contributed by atoms with van der Waals surface area (Å²) in [5.41, 5.74) is 23.8. The summed E-state index contributed by atoms with van der Waals surface area (Å²) in [5.74, 6) is -14.3. The number of likely N-dealkylation sites (tertiary alicyclic amines) is 1. The molecule has 1 saturated heterocycles. The summed E-state index contributed by atoms with van der Waals surface area (Å²) in [6.45, 7) is 16.1. The summed E-state index contributed by atoms with van der Waals surface area (Å²) >= 11 is 0. The molecule has 105 heavy (non-hydrogen) atoms. The molecule has 0 spiro atoms. The number of benzene rings is 1. The highest BCUT2D eigenvalue weighted by Crippen LogP contribution is 2.22. The number of carbonyl (C=O) groups is 16. The van der Waals surface area contributed by atoms with E-state index in [1.165, 1.54) is 25.7 Å². The van der Waals surface area contributed by atoms with E-state index in [0.29, 0.717) is 44.2 Å². The highest BCUT2D eigenvalue weighted by molar-refractivity contribution is 6.00. The number of hydrogen-bond acceptors (Lipinski definition) is 19. The lowest BCUT2D eigenvalue weighted by Gasteiger charge is -2.29. The minimum absolute atomic E-state index is 0.0525. The Bertz CT molecular complexity index is 3340. The summed E-state index contributed by atoms with van der Waals surface area (Å²) < 4.78 is 0. The average molecular weight is 1480 g/mol. The molecule has 2 aromatic rings. The van der Waals surface area contributed by atoms with Gasteiger partial charge < -0.3 is 107 Å². The summed E-state index contributed by atoms with van der Waals surface area (Å²) in [4.78, 5) is 217. The van der Waals surface area contributed by atoms with Gasteiger partial charge in [-0.25, -0.2) is 4.79 Å². The van der Waals surface area contributed by atoms with Crippen LogP contribution in [0.3, 0.4) is 0 Å². The molecular formula is C69H113N19O17. The number of aromatic amines is 1. The van der Waals surface area contributed by atoms with Crippen molar-refractivity contribution in [2.24, 2.45) is 46.6 Å². The predicted molar refractivity (Wildman–Crippen MR) is 386 cm³/mol. The number of para-hydroxylation sites is 1. The van der Waals surface area contributed by atoms with E-state index >= 15 is 0 Å². The fourth-order valence-corrected chi connectivity index (χ4v) is 11.3.